The van der Waals surface area contributed by atoms with Gasteiger partial charge in [0.15, 0.2) is 6.29 Å². The van der Waals surface area contributed by atoms with Gasteiger partial charge in [0.25, 0.3) is 0 Å². The van der Waals surface area contributed by atoms with Gasteiger partial charge in [-0.25, -0.2) is 0 Å². The summed E-state index contributed by atoms with van der Waals surface area (Å²) in [5, 5.41) is 2.80. The van der Waals surface area contributed by atoms with E-state index in [1.165, 1.54) is 0 Å². The van der Waals surface area contributed by atoms with Crippen LogP contribution in [0.25, 0.3) is 0 Å². The lowest BCUT2D eigenvalue weighted by Gasteiger charge is -2.22. The van der Waals surface area contributed by atoms with Crippen molar-refractivity contribution in [2.24, 2.45) is 0 Å². The molecule has 15 heavy (non-hydrogen) atoms. The van der Waals surface area contributed by atoms with E-state index in [0.29, 0.717) is 13.0 Å². The molecule has 0 spiro atoms. The second kappa shape index (κ2) is 8.64. The minimum absolute atomic E-state index is 0.0151. The molecule has 0 saturated carbocycles. The Bertz CT molecular complexity index is 171. The molecule has 0 aliphatic heterocycles. The lowest BCUT2D eigenvalue weighted by atomic mass is 10.2. The van der Waals surface area contributed by atoms with Gasteiger partial charge in [-0.1, -0.05) is 0 Å². The molecular formula is C10H21NO4. The molecule has 0 aromatic heterocycles. The van der Waals surface area contributed by atoms with Gasteiger partial charge in [-0.2, -0.15) is 0 Å². The van der Waals surface area contributed by atoms with Crippen LogP contribution >= 0.6 is 0 Å². The highest BCUT2D eigenvalue weighted by Gasteiger charge is 2.17. The zero-order valence-electron chi connectivity index (χ0n) is 9.91. The second-order valence-electron chi connectivity index (χ2n) is 3.29. The maximum atomic E-state index is 11.4. The highest BCUT2D eigenvalue weighted by Crippen LogP contribution is 1.99. The van der Waals surface area contributed by atoms with E-state index in [9.17, 15) is 4.79 Å². The zero-order chi connectivity index (χ0) is 11.7. The van der Waals surface area contributed by atoms with Crippen molar-refractivity contribution in [2.75, 3.05) is 27.9 Å². The average Bonchev–Trinajstić information content (AvgIpc) is 2.20. The fraction of sp³-hybridized carbons (Fsp3) is 0.900. The molecule has 0 radical (unpaired) electrons. The van der Waals surface area contributed by atoms with Crippen molar-refractivity contribution in [1.82, 2.24) is 5.32 Å². The smallest absolute Gasteiger partial charge is 0.220 e. The summed E-state index contributed by atoms with van der Waals surface area (Å²) in [6.07, 6.45) is 0.772. The van der Waals surface area contributed by atoms with Gasteiger partial charge in [-0.3, -0.25) is 4.79 Å². The Balaban J connectivity index is 3.74. The molecule has 0 aliphatic carbocycles. The number of carbonyl (C=O) groups excluding carboxylic acids is 1. The molecule has 0 aromatic carbocycles. The van der Waals surface area contributed by atoms with Crippen molar-refractivity contribution >= 4 is 5.91 Å². The number of rotatable bonds is 8. The molecule has 0 aromatic rings. The maximum Gasteiger partial charge on any atom is 0.220 e. The molecule has 0 rings (SSSR count). The van der Waals surface area contributed by atoms with Gasteiger partial charge in [0, 0.05) is 34.4 Å². The minimum atomic E-state index is -0.406. The van der Waals surface area contributed by atoms with Crippen LogP contribution in [0, 0.1) is 0 Å². The van der Waals surface area contributed by atoms with Crippen LogP contribution < -0.4 is 5.32 Å². The number of nitrogens with one attached hydrogen (secondary N) is 1. The summed E-state index contributed by atoms with van der Waals surface area (Å²) in [6, 6.07) is -0.157. The van der Waals surface area contributed by atoms with Crippen molar-refractivity contribution in [2.45, 2.75) is 32.1 Å². The summed E-state index contributed by atoms with van der Waals surface area (Å²) in [5.41, 5.74) is 0. The van der Waals surface area contributed by atoms with E-state index in [0.717, 1.165) is 6.42 Å². The third-order valence-corrected chi connectivity index (χ3v) is 2.01. The fourth-order valence-electron chi connectivity index (χ4n) is 1.28. The first-order chi connectivity index (χ1) is 7.15. The quantitative estimate of drug-likeness (QED) is 0.478. The molecule has 0 aliphatic rings. The number of carbonyl (C=O) groups is 1. The molecule has 1 atom stereocenters. The van der Waals surface area contributed by atoms with Crippen LogP contribution in [0.2, 0.25) is 0 Å². The Morgan fingerprint density at radius 2 is 1.87 bits per heavy atom. The largest absolute Gasteiger partial charge is 0.385 e. The van der Waals surface area contributed by atoms with Crippen LogP contribution in [-0.4, -0.2) is 46.2 Å². The van der Waals surface area contributed by atoms with E-state index < -0.39 is 6.29 Å². The summed E-state index contributed by atoms with van der Waals surface area (Å²) < 4.78 is 14.9. The Hall–Kier alpha value is -0.650. The molecule has 5 nitrogen and oxygen atoms in total. The summed E-state index contributed by atoms with van der Waals surface area (Å²) in [6.45, 7) is 2.44. The van der Waals surface area contributed by atoms with E-state index in [-0.39, 0.29) is 11.9 Å². The van der Waals surface area contributed by atoms with Gasteiger partial charge in [-0.05, 0) is 13.3 Å². The number of amides is 1. The van der Waals surface area contributed by atoms with Gasteiger partial charge in [-0.15, -0.1) is 0 Å². The third-order valence-electron chi connectivity index (χ3n) is 2.01. The predicted molar refractivity (Wildman–Crippen MR) is 56.5 cm³/mol. The standard InChI is InChI=1S/C10H21NO4/c1-8(10(14-3)15-4)11-9(12)6-5-7-13-2/h8,10H,5-7H2,1-4H3,(H,11,12). The molecule has 1 unspecified atom stereocenters. The SMILES string of the molecule is COCCCC(=O)NC(C)C(OC)OC. The first-order valence-electron chi connectivity index (χ1n) is 4.99. The van der Waals surface area contributed by atoms with Gasteiger partial charge < -0.3 is 19.5 Å². The molecule has 1 N–H and O–H groups in total. The summed E-state index contributed by atoms with van der Waals surface area (Å²) >= 11 is 0. The number of methoxy groups -OCH3 is 3. The Kier molecular flexibility index (Phi) is 8.27. The van der Waals surface area contributed by atoms with Gasteiger partial charge in [0.1, 0.15) is 0 Å². The highest BCUT2D eigenvalue weighted by molar-refractivity contribution is 5.76. The normalized spacial score (nSPS) is 12.9. The minimum Gasteiger partial charge on any atom is -0.385 e. The van der Waals surface area contributed by atoms with E-state index in [2.05, 4.69) is 5.32 Å². The number of ether oxygens (including phenoxy) is 3. The van der Waals surface area contributed by atoms with Crippen LogP contribution in [0.1, 0.15) is 19.8 Å². The molecular weight excluding hydrogens is 198 g/mol. The van der Waals surface area contributed by atoms with Crippen LogP contribution in [-0.2, 0) is 19.0 Å². The third kappa shape index (κ3) is 6.43. The van der Waals surface area contributed by atoms with E-state index in [1.807, 2.05) is 6.92 Å². The van der Waals surface area contributed by atoms with Crippen molar-refractivity contribution < 1.29 is 19.0 Å². The Labute approximate surface area is 91.1 Å². The monoisotopic (exact) mass is 219 g/mol. The number of hydrogen-bond acceptors (Lipinski definition) is 4. The first-order valence-corrected chi connectivity index (χ1v) is 4.99. The Morgan fingerprint density at radius 3 is 2.33 bits per heavy atom. The van der Waals surface area contributed by atoms with Crippen molar-refractivity contribution in [3.8, 4) is 0 Å². The fourth-order valence-corrected chi connectivity index (χ4v) is 1.28. The lowest BCUT2D eigenvalue weighted by molar-refractivity contribution is -0.136. The summed E-state index contributed by atoms with van der Waals surface area (Å²) in [5.74, 6) is -0.0151. The van der Waals surface area contributed by atoms with Gasteiger partial charge in [0.05, 0.1) is 6.04 Å². The maximum absolute atomic E-state index is 11.4. The molecule has 0 heterocycles. The van der Waals surface area contributed by atoms with E-state index >= 15 is 0 Å². The van der Waals surface area contributed by atoms with Crippen LogP contribution in [0.3, 0.4) is 0 Å². The first kappa shape index (κ1) is 14.3. The van der Waals surface area contributed by atoms with Crippen LogP contribution in [0.5, 0.6) is 0 Å². The summed E-state index contributed by atoms with van der Waals surface area (Å²) in [7, 11) is 4.70. The van der Waals surface area contributed by atoms with Gasteiger partial charge >= 0.3 is 0 Å². The molecule has 1 amide bonds. The van der Waals surface area contributed by atoms with E-state index in [1.54, 1.807) is 21.3 Å². The molecule has 90 valence electrons. The van der Waals surface area contributed by atoms with Crippen molar-refractivity contribution in [3.63, 3.8) is 0 Å². The summed E-state index contributed by atoms with van der Waals surface area (Å²) in [4.78, 5) is 11.4. The molecule has 0 fully saturated rings. The highest BCUT2D eigenvalue weighted by atomic mass is 16.7. The van der Waals surface area contributed by atoms with E-state index in [4.69, 9.17) is 14.2 Å². The molecule has 5 heteroatoms. The van der Waals surface area contributed by atoms with Gasteiger partial charge in [0.2, 0.25) is 5.91 Å². The number of hydrogen-bond donors (Lipinski definition) is 1. The predicted octanol–water partition coefficient (Wildman–Crippen LogP) is 0.537. The topological polar surface area (TPSA) is 56.8 Å². The Morgan fingerprint density at radius 1 is 1.27 bits per heavy atom. The molecule has 0 saturated heterocycles. The zero-order valence-corrected chi connectivity index (χ0v) is 9.91. The second-order valence-corrected chi connectivity index (χ2v) is 3.29. The van der Waals surface area contributed by atoms with Crippen molar-refractivity contribution in [1.29, 1.82) is 0 Å². The van der Waals surface area contributed by atoms with Crippen LogP contribution in [0.4, 0.5) is 0 Å². The van der Waals surface area contributed by atoms with Crippen molar-refractivity contribution in [3.05, 3.63) is 0 Å². The molecule has 0 bridgehead atoms. The average molecular weight is 219 g/mol. The van der Waals surface area contributed by atoms with Crippen LogP contribution in [0.15, 0.2) is 0 Å². The lowest BCUT2D eigenvalue weighted by Crippen LogP contribution is -2.42.